The Bertz CT molecular complexity index is 243. The summed E-state index contributed by atoms with van der Waals surface area (Å²) in [6.07, 6.45) is 0. The van der Waals surface area contributed by atoms with Gasteiger partial charge in [0, 0.05) is 0 Å². The monoisotopic (exact) mass is 134 g/mol. The maximum absolute atomic E-state index is 10.7. The molecule has 1 N–H and O–H groups in total. The molecule has 0 heterocycles. The number of nitrogens with zero attached hydrogens (tertiary/aromatic N) is 1. The standard InChI is InChI=1S/C7H6N2O/c8-9-7(10)6-4-2-1-3-5-6/h1-5,9H. The molecular weight excluding hydrogens is 128 g/mol. The van der Waals surface area contributed by atoms with Gasteiger partial charge in [-0.05, 0) is 12.1 Å². The number of nitrogens with one attached hydrogen (secondary N) is 1. The highest BCUT2D eigenvalue weighted by Gasteiger charge is 2.02. The summed E-state index contributed by atoms with van der Waals surface area (Å²) in [5.41, 5.74) is 8.64. The van der Waals surface area contributed by atoms with E-state index in [1.165, 1.54) is 0 Å². The van der Waals surface area contributed by atoms with Crippen molar-refractivity contribution in [2.45, 2.75) is 0 Å². The average molecular weight is 134 g/mol. The minimum atomic E-state index is -0.486. The molecule has 1 aromatic rings. The molecule has 50 valence electrons. The van der Waals surface area contributed by atoms with E-state index in [0.717, 1.165) is 0 Å². The Morgan fingerprint density at radius 2 is 1.90 bits per heavy atom. The fourth-order valence-electron chi connectivity index (χ4n) is 0.654. The Labute approximate surface area is 58.2 Å². The second-order valence-electron chi connectivity index (χ2n) is 1.81. The molecule has 3 nitrogen and oxygen atoms in total. The van der Waals surface area contributed by atoms with Crippen molar-refractivity contribution in [3.8, 4) is 0 Å². The van der Waals surface area contributed by atoms with Crippen LogP contribution in [-0.4, -0.2) is 5.91 Å². The zero-order chi connectivity index (χ0) is 7.40. The van der Waals surface area contributed by atoms with Crippen LogP contribution in [0.2, 0.25) is 0 Å². The topological polar surface area (TPSA) is 53.3 Å². The molecule has 0 unspecified atom stereocenters. The van der Waals surface area contributed by atoms with Crippen LogP contribution in [-0.2, 0) is 0 Å². The van der Waals surface area contributed by atoms with Crippen LogP contribution in [0.25, 0.3) is 5.53 Å². The molecule has 3 heteroatoms. The smallest absolute Gasteiger partial charge is 0.406 e. The predicted octanol–water partition coefficient (Wildman–Crippen LogP) is -0.0710. The molecule has 0 fully saturated rings. The van der Waals surface area contributed by atoms with Gasteiger partial charge in [0.1, 0.15) is 0 Å². The van der Waals surface area contributed by atoms with Crippen LogP contribution in [0.5, 0.6) is 0 Å². The van der Waals surface area contributed by atoms with Gasteiger partial charge >= 0.3 is 5.91 Å². The Kier molecular flexibility index (Phi) is 1.89. The lowest BCUT2D eigenvalue weighted by Crippen LogP contribution is -2.68. The molecule has 0 spiro atoms. The Balaban J connectivity index is 2.95. The summed E-state index contributed by atoms with van der Waals surface area (Å²) in [7, 11) is 0. The largest absolute Gasteiger partial charge is 0.499 e. The van der Waals surface area contributed by atoms with E-state index in [9.17, 15) is 4.79 Å². The highest BCUT2D eigenvalue weighted by Crippen LogP contribution is 1.94. The van der Waals surface area contributed by atoms with Gasteiger partial charge in [0.15, 0.2) is 0 Å². The maximum Gasteiger partial charge on any atom is 0.406 e. The third-order valence-corrected chi connectivity index (χ3v) is 1.14. The number of hydrogen-bond donors (Lipinski definition) is 1. The fraction of sp³-hybridized carbons (Fsp3) is 0. The average Bonchev–Trinajstić information content (AvgIpc) is 2.05. The summed E-state index contributed by atoms with van der Waals surface area (Å²) < 4.78 is 0. The Hall–Kier alpha value is -1.51. The van der Waals surface area contributed by atoms with E-state index in [4.69, 9.17) is 5.53 Å². The van der Waals surface area contributed by atoms with E-state index in [-0.39, 0.29) is 0 Å². The lowest BCUT2D eigenvalue weighted by atomic mass is 10.2. The molecule has 1 rings (SSSR count). The molecule has 0 aromatic heterocycles. The lowest BCUT2D eigenvalue weighted by Gasteiger charge is -1.87. The molecular formula is C7H6N2O. The van der Waals surface area contributed by atoms with E-state index >= 15 is 0 Å². The molecule has 10 heavy (non-hydrogen) atoms. The van der Waals surface area contributed by atoms with Crippen LogP contribution >= 0.6 is 0 Å². The number of hydrogen-bond acceptors (Lipinski definition) is 1. The highest BCUT2D eigenvalue weighted by atomic mass is 16.1. The zero-order valence-electron chi connectivity index (χ0n) is 5.24. The normalized spacial score (nSPS) is 8.80. The van der Waals surface area contributed by atoms with Crippen molar-refractivity contribution < 1.29 is 9.91 Å². The summed E-state index contributed by atoms with van der Waals surface area (Å²) in [5.74, 6) is -0.486. The first-order valence-corrected chi connectivity index (χ1v) is 2.84. The summed E-state index contributed by atoms with van der Waals surface area (Å²) >= 11 is 0. The maximum atomic E-state index is 10.7. The van der Waals surface area contributed by atoms with E-state index in [2.05, 4.69) is 0 Å². The van der Waals surface area contributed by atoms with Gasteiger partial charge < -0.3 is 5.53 Å². The van der Waals surface area contributed by atoms with Gasteiger partial charge in [-0.2, -0.15) is 0 Å². The predicted molar refractivity (Wildman–Crippen MR) is 35.1 cm³/mol. The molecule has 0 bridgehead atoms. The molecule has 0 radical (unpaired) electrons. The minimum absolute atomic E-state index is 0.449. The molecule has 0 atom stereocenters. The summed E-state index contributed by atoms with van der Waals surface area (Å²) in [6, 6.07) is 8.49. The second kappa shape index (κ2) is 2.87. The molecule has 0 aliphatic heterocycles. The third-order valence-electron chi connectivity index (χ3n) is 1.14. The Morgan fingerprint density at radius 3 is 2.40 bits per heavy atom. The van der Waals surface area contributed by atoms with E-state index in [0.29, 0.717) is 5.56 Å². The van der Waals surface area contributed by atoms with Crippen LogP contribution in [0.1, 0.15) is 10.4 Å². The van der Waals surface area contributed by atoms with E-state index in [1.54, 1.807) is 35.4 Å². The van der Waals surface area contributed by atoms with Gasteiger partial charge in [-0.1, -0.05) is 18.2 Å². The van der Waals surface area contributed by atoms with Gasteiger partial charge in [-0.3, -0.25) is 5.11 Å². The van der Waals surface area contributed by atoms with Gasteiger partial charge in [0.05, 0.1) is 5.56 Å². The number of carbonyl (C=O) groups is 1. The van der Waals surface area contributed by atoms with Crippen molar-refractivity contribution in [1.82, 2.24) is 0 Å². The summed E-state index contributed by atoms with van der Waals surface area (Å²) in [5, 5.41) is 1.54. The highest BCUT2D eigenvalue weighted by molar-refractivity contribution is 5.85. The van der Waals surface area contributed by atoms with E-state index in [1.807, 2.05) is 0 Å². The van der Waals surface area contributed by atoms with Crippen LogP contribution in [0.4, 0.5) is 0 Å². The molecule has 0 aliphatic rings. The van der Waals surface area contributed by atoms with Crippen molar-refractivity contribution in [2.24, 2.45) is 0 Å². The first-order valence-electron chi connectivity index (χ1n) is 2.84. The zero-order valence-corrected chi connectivity index (χ0v) is 5.24. The molecule has 0 saturated carbocycles. The third kappa shape index (κ3) is 1.25. The van der Waals surface area contributed by atoms with Gasteiger partial charge in [0.25, 0.3) is 0 Å². The number of rotatable bonds is 1. The quantitative estimate of drug-likeness (QED) is 0.537. The van der Waals surface area contributed by atoms with Crippen LogP contribution < -0.4 is 5.11 Å². The van der Waals surface area contributed by atoms with Crippen molar-refractivity contribution in [3.05, 3.63) is 41.4 Å². The number of carbonyl (C=O) groups excluding carboxylic acids is 1. The van der Waals surface area contributed by atoms with Gasteiger partial charge in [-0.15, -0.1) is 0 Å². The first kappa shape index (κ1) is 6.61. The first-order chi connectivity index (χ1) is 4.84. The SMILES string of the molecule is [N-]=[NH+]C(=O)c1ccccc1. The number of amides is 1. The van der Waals surface area contributed by atoms with Crippen LogP contribution in [0.15, 0.2) is 30.3 Å². The molecule has 0 saturated heterocycles. The summed E-state index contributed by atoms with van der Waals surface area (Å²) in [4.78, 5) is 10.7. The fourth-order valence-corrected chi connectivity index (χ4v) is 0.654. The minimum Gasteiger partial charge on any atom is -0.499 e. The Morgan fingerprint density at radius 1 is 1.30 bits per heavy atom. The molecule has 1 aromatic carbocycles. The second-order valence-corrected chi connectivity index (χ2v) is 1.81. The number of benzene rings is 1. The van der Waals surface area contributed by atoms with Gasteiger partial charge in [0.2, 0.25) is 0 Å². The van der Waals surface area contributed by atoms with Crippen molar-refractivity contribution >= 4 is 5.91 Å². The molecule has 0 aliphatic carbocycles. The van der Waals surface area contributed by atoms with Crippen LogP contribution in [0, 0.1) is 0 Å². The van der Waals surface area contributed by atoms with Crippen molar-refractivity contribution in [3.63, 3.8) is 0 Å². The van der Waals surface area contributed by atoms with Gasteiger partial charge in [-0.25, -0.2) is 4.79 Å². The summed E-state index contributed by atoms with van der Waals surface area (Å²) in [6.45, 7) is 0. The van der Waals surface area contributed by atoms with Crippen LogP contribution in [0.3, 0.4) is 0 Å². The van der Waals surface area contributed by atoms with E-state index < -0.39 is 5.91 Å². The van der Waals surface area contributed by atoms with Crippen molar-refractivity contribution in [2.75, 3.05) is 0 Å². The molecule has 1 amide bonds. The van der Waals surface area contributed by atoms with Crippen molar-refractivity contribution in [1.29, 1.82) is 0 Å². The lowest BCUT2D eigenvalue weighted by molar-refractivity contribution is -0.369.